The van der Waals surface area contributed by atoms with Gasteiger partial charge in [-0.3, -0.25) is 30.6 Å². The minimum absolute atomic E-state index is 0.133. The number of rotatable bonds is 4. The van der Waals surface area contributed by atoms with E-state index in [4.69, 9.17) is 0 Å². The van der Waals surface area contributed by atoms with Crippen LogP contribution in [0.2, 0.25) is 0 Å². The fourth-order valence-corrected chi connectivity index (χ4v) is 1.68. The van der Waals surface area contributed by atoms with E-state index in [0.717, 1.165) is 0 Å². The molecule has 0 aliphatic carbocycles. The maximum atomic E-state index is 11.9. The van der Waals surface area contributed by atoms with Gasteiger partial charge in [-0.2, -0.15) is 0 Å². The van der Waals surface area contributed by atoms with E-state index in [0.29, 0.717) is 0 Å². The van der Waals surface area contributed by atoms with Gasteiger partial charge >= 0.3 is 0 Å². The molecule has 0 aliphatic heterocycles. The van der Waals surface area contributed by atoms with E-state index >= 15 is 0 Å². The highest BCUT2D eigenvalue weighted by Crippen LogP contribution is 2.20. The maximum absolute atomic E-state index is 11.9. The number of carbonyl (C=O) groups excluding carboxylic acids is 2. The number of nitro groups is 1. The number of benzene rings is 1. The van der Waals surface area contributed by atoms with Crippen LogP contribution in [0.3, 0.4) is 0 Å². The largest absolute Gasteiger partial charge is 0.273 e. The van der Waals surface area contributed by atoms with Crippen LogP contribution in [-0.2, 0) is 4.79 Å². The molecule has 0 saturated heterocycles. The molecule has 0 fully saturated rings. The molecule has 0 spiro atoms. The molecule has 0 heterocycles. The van der Waals surface area contributed by atoms with Crippen molar-refractivity contribution in [3.8, 4) is 0 Å². The number of nitro benzene ring substituents is 1. The summed E-state index contributed by atoms with van der Waals surface area (Å²) in [6.45, 7) is 5.25. The molecule has 0 unspecified atom stereocenters. The van der Waals surface area contributed by atoms with Crippen LogP contribution < -0.4 is 10.9 Å². The van der Waals surface area contributed by atoms with E-state index in [9.17, 15) is 19.7 Å². The molecular weight excluding hydrogens is 262 g/mol. The molecule has 0 saturated carbocycles. The first-order chi connectivity index (χ1) is 9.32. The van der Waals surface area contributed by atoms with Crippen LogP contribution in [-0.4, -0.2) is 16.7 Å². The minimum atomic E-state index is -0.580. The van der Waals surface area contributed by atoms with Gasteiger partial charge in [0, 0.05) is 18.1 Å². The molecule has 0 radical (unpaired) electrons. The van der Waals surface area contributed by atoms with Crippen LogP contribution in [0.4, 0.5) is 5.69 Å². The molecule has 20 heavy (non-hydrogen) atoms. The lowest BCUT2D eigenvalue weighted by Crippen LogP contribution is -2.42. The molecule has 0 aliphatic rings. The third-order valence-corrected chi connectivity index (χ3v) is 2.66. The summed E-state index contributed by atoms with van der Waals surface area (Å²) in [4.78, 5) is 33.5. The number of hydrogen-bond acceptors (Lipinski definition) is 4. The smallest absolute Gasteiger partial charge is 0.273 e. The van der Waals surface area contributed by atoms with Crippen LogP contribution in [0.15, 0.2) is 18.2 Å². The zero-order valence-electron chi connectivity index (χ0n) is 11.6. The quantitative estimate of drug-likeness (QED) is 0.647. The maximum Gasteiger partial charge on any atom is 0.273 e. The van der Waals surface area contributed by atoms with Crippen LogP contribution in [0, 0.1) is 23.0 Å². The van der Waals surface area contributed by atoms with Gasteiger partial charge in [-0.15, -0.1) is 0 Å². The first kappa shape index (κ1) is 15.6. The SMILES string of the molecule is Cc1c(C(=O)NNC(=O)CC(C)C)cccc1[N+](=O)[O-]. The summed E-state index contributed by atoms with van der Waals surface area (Å²) >= 11 is 0. The highest BCUT2D eigenvalue weighted by molar-refractivity contribution is 5.97. The Morgan fingerprint density at radius 2 is 1.95 bits per heavy atom. The molecule has 7 nitrogen and oxygen atoms in total. The van der Waals surface area contributed by atoms with E-state index in [2.05, 4.69) is 10.9 Å². The van der Waals surface area contributed by atoms with Crippen molar-refractivity contribution in [2.45, 2.75) is 27.2 Å². The number of nitrogens with one attached hydrogen (secondary N) is 2. The number of nitrogens with zero attached hydrogens (tertiary/aromatic N) is 1. The molecule has 0 bridgehead atoms. The third-order valence-electron chi connectivity index (χ3n) is 2.66. The van der Waals surface area contributed by atoms with Gasteiger partial charge in [-0.25, -0.2) is 0 Å². The van der Waals surface area contributed by atoms with Crippen molar-refractivity contribution in [2.24, 2.45) is 5.92 Å². The lowest BCUT2D eigenvalue weighted by atomic mass is 10.1. The second-order valence-electron chi connectivity index (χ2n) is 4.81. The second kappa shape index (κ2) is 6.65. The lowest BCUT2D eigenvalue weighted by Gasteiger charge is -2.10. The van der Waals surface area contributed by atoms with Crippen LogP contribution in [0.25, 0.3) is 0 Å². The van der Waals surface area contributed by atoms with Gasteiger partial charge in [0.15, 0.2) is 0 Å². The van der Waals surface area contributed by atoms with Crippen molar-refractivity contribution < 1.29 is 14.5 Å². The molecule has 0 atom stereocenters. The highest BCUT2D eigenvalue weighted by atomic mass is 16.6. The Balaban J connectivity index is 2.76. The van der Waals surface area contributed by atoms with Crippen molar-refractivity contribution in [3.63, 3.8) is 0 Å². The van der Waals surface area contributed by atoms with Crippen molar-refractivity contribution in [1.82, 2.24) is 10.9 Å². The monoisotopic (exact) mass is 279 g/mol. The van der Waals surface area contributed by atoms with E-state index in [1.165, 1.54) is 25.1 Å². The van der Waals surface area contributed by atoms with Crippen LogP contribution >= 0.6 is 0 Å². The Bertz CT molecular complexity index is 540. The van der Waals surface area contributed by atoms with Crippen LogP contribution in [0.5, 0.6) is 0 Å². The predicted molar refractivity (Wildman–Crippen MR) is 72.9 cm³/mol. The van der Waals surface area contributed by atoms with E-state index < -0.39 is 10.8 Å². The van der Waals surface area contributed by atoms with Gasteiger partial charge in [-0.05, 0) is 18.9 Å². The Morgan fingerprint density at radius 3 is 2.50 bits per heavy atom. The molecule has 108 valence electrons. The average Bonchev–Trinajstić information content (AvgIpc) is 2.35. The van der Waals surface area contributed by atoms with Crippen molar-refractivity contribution >= 4 is 17.5 Å². The fraction of sp³-hybridized carbons (Fsp3) is 0.385. The van der Waals surface area contributed by atoms with E-state index in [-0.39, 0.29) is 35.1 Å². The molecular formula is C13H17N3O4. The van der Waals surface area contributed by atoms with Crippen LogP contribution in [0.1, 0.15) is 36.2 Å². The Hall–Kier alpha value is -2.44. The third kappa shape index (κ3) is 4.04. The predicted octanol–water partition coefficient (Wildman–Crippen LogP) is 1.71. The van der Waals surface area contributed by atoms with Crippen molar-refractivity contribution in [1.29, 1.82) is 0 Å². The zero-order valence-corrected chi connectivity index (χ0v) is 11.6. The Morgan fingerprint density at radius 1 is 1.30 bits per heavy atom. The van der Waals surface area contributed by atoms with E-state index in [1.54, 1.807) is 0 Å². The molecule has 2 N–H and O–H groups in total. The Kier molecular flexibility index (Phi) is 5.19. The summed E-state index contributed by atoms with van der Waals surface area (Å²) in [6, 6.07) is 4.21. The summed E-state index contributed by atoms with van der Waals surface area (Å²) in [7, 11) is 0. The van der Waals surface area contributed by atoms with E-state index in [1.807, 2.05) is 13.8 Å². The highest BCUT2D eigenvalue weighted by Gasteiger charge is 2.18. The number of carbonyl (C=O) groups is 2. The summed E-state index contributed by atoms with van der Waals surface area (Å²) in [5.41, 5.74) is 4.81. The number of amides is 2. The molecule has 1 aromatic carbocycles. The zero-order chi connectivity index (χ0) is 15.3. The normalized spacial score (nSPS) is 10.2. The number of hydrazine groups is 1. The van der Waals surface area contributed by atoms with Crippen molar-refractivity contribution in [2.75, 3.05) is 0 Å². The molecule has 1 rings (SSSR count). The van der Waals surface area contributed by atoms with Gasteiger partial charge in [0.05, 0.1) is 10.5 Å². The van der Waals surface area contributed by atoms with Gasteiger partial charge in [0.1, 0.15) is 0 Å². The van der Waals surface area contributed by atoms with Crippen molar-refractivity contribution in [3.05, 3.63) is 39.4 Å². The standard InChI is InChI=1S/C13H17N3O4/c1-8(2)7-12(17)14-15-13(18)10-5-4-6-11(9(10)3)16(19)20/h4-6,8H,7H2,1-3H3,(H,14,17)(H,15,18). The summed E-state index contributed by atoms with van der Waals surface area (Å²) in [6.07, 6.45) is 0.286. The fourth-order valence-electron chi connectivity index (χ4n) is 1.68. The summed E-state index contributed by atoms with van der Waals surface area (Å²) in [5, 5.41) is 10.8. The molecule has 7 heteroatoms. The first-order valence-corrected chi connectivity index (χ1v) is 6.16. The van der Waals surface area contributed by atoms with Gasteiger partial charge in [-0.1, -0.05) is 19.9 Å². The lowest BCUT2D eigenvalue weighted by molar-refractivity contribution is -0.385. The van der Waals surface area contributed by atoms with Gasteiger partial charge in [0.2, 0.25) is 5.91 Å². The Labute approximate surface area is 116 Å². The molecule has 0 aromatic heterocycles. The first-order valence-electron chi connectivity index (χ1n) is 6.16. The summed E-state index contributed by atoms with van der Waals surface area (Å²) in [5.74, 6) is -0.716. The average molecular weight is 279 g/mol. The topological polar surface area (TPSA) is 101 Å². The van der Waals surface area contributed by atoms with Gasteiger partial charge < -0.3 is 0 Å². The minimum Gasteiger partial charge on any atom is -0.273 e. The van der Waals surface area contributed by atoms with Gasteiger partial charge in [0.25, 0.3) is 11.6 Å². The molecule has 1 aromatic rings. The summed E-state index contributed by atoms with van der Waals surface area (Å²) < 4.78 is 0. The molecule has 2 amide bonds. The second-order valence-corrected chi connectivity index (χ2v) is 4.81. The number of hydrogen-bond donors (Lipinski definition) is 2.